The Balaban J connectivity index is 2.37. The largest absolute Gasteiger partial charge is 0.467 e. The van der Waals surface area contributed by atoms with E-state index in [0.717, 1.165) is 5.56 Å². The zero-order valence-electron chi connectivity index (χ0n) is 16.3. The molecule has 0 N–H and O–H groups in total. The lowest BCUT2D eigenvalue weighted by atomic mass is 10.2. The molecule has 0 bridgehead atoms. The highest BCUT2D eigenvalue weighted by Crippen LogP contribution is 2.37. The van der Waals surface area contributed by atoms with Crippen molar-refractivity contribution in [3.8, 4) is 0 Å². The van der Waals surface area contributed by atoms with Crippen molar-refractivity contribution in [3.05, 3.63) is 35.9 Å². The third kappa shape index (κ3) is 7.69. The standard InChI is InChI=1S/C19H32O5Si/c1-19(2,3)25(5,6)24-17(18(20)21-4)12-13-22-15-23-14-16-10-8-7-9-11-16/h7-11,17H,12-15H2,1-6H3/t17-/m0/s1. The molecule has 0 spiro atoms. The fourth-order valence-electron chi connectivity index (χ4n) is 1.93. The lowest BCUT2D eigenvalue weighted by Crippen LogP contribution is -2.46. The van der Waals surface area contributed by atoms with E-state index in [-0.39, 0.29) is 17.8 Å². The summed E-state index contributed by atoms with van der Waals surface area (Å²) >= 11 is 0. The Labute approximate surface area is 152 Å². The molecule has 6 heteroatoms. The number of methoxy groups -OCH3 is 1. The van der Waals surface area contributed by atoms with Crippen molar-refractivity contribution in [2.45, 2.75) is 58.0 Å². The minimum atomic E-state index is -2.05. The molecule has 0 aromatic heterocycles. The number of rotatable bonds is 10. The molecule has 1 aromatic rings. The summed E-state index contributed by atoms with van der Waals surface area (Å²) in [5.41, 5.74) is 1.10. The SMILES string of the molecule is COC(=O)[C@H](CCOCOCc1ccccc1)O[Si](C)(C)C(C)(C)C. The van der Waals surface area contributed by atoms with Crippen LogP contribution in [0.5, 0.6) is 0 Å². The molecule has 1 rings (SSSR count). The van der Waals surface area contributed by atoms with Gasteiger partial charge in [0.2, 0.25) is 0 Å². The van der Waals surface area contributed by atoms with E-state index in [1.807, 2.05) is 30.3 Å². The first kappa shape index (κ1) is 21.8. The van der Waals surface area contributed by atoms with Gasteiger partial charge in [0.05, 0.1) is 20.3 Å². The van der Waals surface area contributed by atoms with Crippen LogP contribution in [0.2, 0.25) is 18.1 Å². The molecule has 0 saturated carbocycles. The van der Waals surface area contributed by atoms with Crippen LogP contribution in [0.1, 0.15) is 32.8 Å². The van der Waals surface area contributed by atoms with Crippen LogP contribution < -0.4 is 0 Å². The molecule has 0 fully saturated rings. The van der Waals surface area contributed by atoms with E-state index < -0.39 is 14.4 Å². The first-order chi connectivity index (χ1) is 11.7. The molecule has 0 aliphatic rings. The van der Waals surface area contributed by atoms with E-state index in [1.54, 1.807) is 0 Å². The monoisotopic (exact) mass is 368 g/mol. The summed E-state index contributed by atoms with van der Waals surface area (Å²) < 4.78 is 22.0. The van der Waals surface area contributed by atoms with Crippen molar-refractivity contribution in [2.75, 3.05) is 20.5 Å². The van der Waals surface area contributed by atoms with Gasteiger partial charge in [0.25, 0.3) is 0 Å². The van der Waals surface area contributed by atoms with Gasteiger partial charge in [-0.1, -0.05) is 51.1 Å². The van der Waals surface area contributed by atoms with Crippen LogP contribution in [0.25, 0.3) is 0 Å². The molecule has 0 aliphatic carbocycles. The minimum absolute atomic E-state index is 0.0267. The quantitative estimate of drug-likeness (QED) is 0.269. The van der Waals surface area contributed by atoms with Crippen LogP contribution in [0.3, 0.4) is 0 Å². The van der Waals surface area contributed by atoms with Crippen molar-refractivity contribution >= 4 is 14.3 Å². The predicted octanol–water partition coefficient (Wildman–Crippen LogP) is 4.13. The van der Waals surface area contributed by atoms with Crippen LogP contribution in [0.4, 0.5) is 0 Å². The summed E-state index contributed by atoms with van der Waals surface area (Å²) in [4.78, 5) is 12.0. The van der Waals surface area contributed by atoms with Gasteiger partial charge in [-0.2, -0.15) is 0 Å². The van der Waals surface area contributed by atoms with E-state index in [2.05, 4.69) is 33.9 Å². The highest BCUT2D eigenvalue weighted by molar-refractivity contribution is 6.74. The highest BCUT2D eigenvalue weighted by Gasteiger charge is 2.40. The average Bonchev–Trinajstić information content (AvgIpc) is 2.56. The van der Waals surface area contributed by atoms with Crippen molar-refractivity contribution in [3.63, 3.8) is 0 Å². The first-order valence-corrected chi connectivity index (χ1v) is 11.5. The second-order valence-electron chi connectivity index (χ2n) is 7.54. The zero-order chi connectivity index (χ0) is 18.9. The summed E-state index contributed by atoms with van der Waals surface area (Å²) in [5.74, 6) is -0.348. The Morgan fingerprint density at radius 1 is 1.12 bits per heavy atom. The Hall–Kier alpha value is -1.21. The minimum Gasteiger partial charge on any atom is -0.467 e. The molecule has 0 aliphatic heterocycles. The van der Waals surface area contributed by atoms with E-state index in [4.69, 9.17) is 18.6 Å². The number of carbonyl (C=O) groups excluding carboxylic acids is 1. The van der Waals surface area contributed by atoms with Gasteiger partial charge in [-0.15, -0.1) is 0 Å². The number of benzene rings is 1. The van der Waals surface area contributed by atoms with Crippen LogP contribution >= 0.6 is 0 Å². The van der Waals surface area contributed by atoms with Crippen molar-refractivity contribution < 1.29 is 23.4 Å². The molecule has 1 atom stereocenters. The van der Waals surface area contributed by atoms with E-state index in [9.17, 15) is 4.79 Å². The van der Waals surface area contributed by atoms with Crippen LogP contribution in [-0.4, -0.2) is 40.9 Å². The molecule has 0 radical (unpaired) electrons. The molecule has 142 valence electrons. The van der Waals surface area contributed by atoms with Gasteiger partial charge >= 0.3 is 5.97 Å². The number of esters is 1. The predicted molar refractivity (Wildman–Crippen MR) is 101 cm³/mol. The smallest absolute Gasteiger partial charge is 0.333 e. The van der Waals surface area contributed by atoms with Gasteiger partial charge in [0.1, 0.15) is 12.9 Å². The molecule has 25 heavy (non-hydrogen) atoms. The fourth-order valence-corrected chi connectivity index (χ4v) is 3.21. The lowest BCUT2D eigenvalue weighted by Gasteiger charge is -2.38. The number of hydrogen-bond acceptors (Lipinski definition) is 5. The Kier molecular flexibility index (Phi) is 8.79. The zero-order valence-corrected chi connectivity index (χ0v) is 17.3. The number of carbonyl (C=O) groups is 1. The third-order valence-corrected chi connectivity index (χ3v) is 9.00. The second kappa shape index (κ2) is 10.1. The highest BCUT2D eigenvalue weighted by atomic mass is 28.4. The maximum atomic E-state index is 12.0. The van der Waals surface area contributed by atoms with Crippen LogP contribution in [0.15, 0.2) is 30.3 Å². The Bertz CT molecular complexity index is 510. The van der Waals surface area contributed by atoms with Gasteiger partial charge in [-0.3, -0.25) is 0 Å². The molecule has 0 heterocycles. The van der Waals surface area contributed by atoms with Gasteiger partial charge in [0.15, 0.2) is 8.32 Å². The van der Waals surface area contributed by atoms with Crippen molar-refractivity contribution in [1.29, 1.82) is 0 Å². The normalized spacial score (nSPS) is 13.5. The van der Waals surface area contributed by atoms with Gasteiger partial charge in [-0.05, 0) is 23.7 Å². The molecule has 5 nitrogen and oxygen atoms in total. The van der Waals surface area contributed by atoms with Crippen molar-refractivity contribution in [2.24, 2.45) is 0 Å². The second-order valence-corrected chi connectivity index (χ2v) is 12.3. The maximum absolute atomic E-state index is 12.0. The van der Waals surface area contributed by atoms with Gasteiger partial charge in [0, 0.05) is 6.42 Å². The Morgan fingerprint density at radius 2 is 1.76 bits per heavy atom. The van der Waals surface area contributed by atoms with E-state index >= 15 is 0 Å². The van der Waals surface area contributed by atoms with Crippen LogP contribution in [-0.2, 0) is 30.0 Å². The fraction of sp³-hybridized carbons (Fsp3) is 0.632. The average molecular weight is 369 g/mol. The van der Waals surface area contributed by atoms with Crippen molar-refractivity contribution in [1.82, 2.24) is 0 Å². The van der Waals surface area contributed by atoms with E-state index in [1.165, 1.54) is 7.11 Å². The molecule has 0 amide bonds. The summed E-state index contributed by atoms with van der Waals surface area (Å²) in [6.45, 7) is 11.7. The Morgan fingerprint density at radius 3 is 2.32 bits per heavy atom. The first-order valence-electron chi connectivity index (χ1n) is 8.62. The third-order valence-electron chi connectivity index (χ3n) is 4.51. The summed E-state index contributed by atoms with van der Waals surface area (Å²) in [6.07, 6.45) is -0.145. The number of ether oxygens (including phenoxy) is 3. The van der Waals surface area contributed by atoms with Gasteiger partial charge in [-0.25, -0.2) is 4.79 Å². The molecule has 1 aromatic carbocycles. The summed E-state index contributed by atoms with van der Waals surface area (Å²) in [6, 6.07) is 9.91. The van der Waals surface area contributed by atoms with E-state index in [0.29, 0.717) is 19.6 Å². The molecule has 0 saturated heterocycles. The maximum Gasteiger partial charge on any atom is 0.333 e. The molecule has 0 unspecified atom stereocenters. The molecular formula is C19H32O5Si. The molecular weight excluding hydrogens is 336 g/mol. The number of hydrogen-bond donors (Lipinski definition) is 0. The van der Waals surface area contributed by atoms with Crippen LogP contribution in [0, 0.1) is 0 Å². The lowest BCUT2D eigenvalue weighted by molar-refractivity contribution is -0.151. The topological polar surface area (TPSA) is 54.0 Å². The van der Waals surface area contributed by atoms with Gasteiger partial charge < -0.3 is 18.6 Å². The summed E-state index contributed by atoms with van der Waals surface area (Å²) in [7, 11) is -0.671. The summed E-state index contributed by atoms with van der Waals surface area (Å²) in [5, 5.41) is 0.0267.